The molecule has 1 aromatic heterocycles. The van der Waals surface area contributed by atoms with Crippen LogP contribution in [0.25, 0.3) is 0 Å². The van der Waals surface area contributed by atoms with E-state index in [1.807, 2.05) is 14.1 Å². The van der Waals surface area contributed by atoms with Crippen molar-refractivity contribution in [1.29, 1.82) is 0 Å². The lowest BCUT2D eigenvalue weighted by Crippen LogP contribution is -2.17. The van der Waals surface area contributed by atoms with Crippen LogP contribution < -0.4 is 10.2 Å². The molecule has 1 heterocycles. The molecule has 102 valence electrons. The summed E-state index contributed by atoms with van der Waals surface area (Å²) in [4.78, 5) is 14.0. The Bertz CT molecular complexity index is 361. The molecule has 6 nitrogen and oxygen atoms in total. The van der Waals surface area contributed by atoms with Gasteiger partial charge in [0.2, 0.25) is 17.2 Å². The molecule has 0 aliphatic heterocycles. The van der Waals surface area contributed by atoms with Crippen molar-refractivity contribution in [2.75, 3.05) is 44.1 Å². The summed E-state index contributed by atoms with van der Waals surface area (Å²) in [5.74, 6) is 1.00. The number of unbranched alkanes of at least 4 members (excludes halogenated alkanes) is 1. The van der Waals surface area contributed by atoms with Crippen molar-refractivity contribution in [1.82, 2.24) is 15.0 Å². The predicted molar refractivity (Wildman–Crippen MR) is 73.4 cm³/mol. The number of hydrogen-bond acceptors (Lipinski definition) is 6. The standard InChI is InChI=1S/C11H20ClN5O/c1-4-5-7-18-8-6-13-10-14-9(12)15-11(16-10)17(2)3/h4-8H2,1-3H3,(H,13,14,15,16). The molecule has 0 saturated carbocycles. The van der Waals surface area contributed by atoms with E-state index < -0.39 is 0 Å². The molecule has 0 fully saturated rings. The second kappa shape index (κ2) is 8.05. The fraction of sp³-hybridized carbons (Fsp3) is 0.727. The van der Waals surface area contributed by atoms with E-state index in [0.717, 1.165) is 19.4 Å². The molecule has 0 aromatic carbocycles. The van der Waals surface area contributed by atoms with Crippen molar-refractivity contribution in [3.8, 4) is 0 Å². The van der Waals surface area contributed by atoms with Crippen LogP contribution in [0.15, 0.2) is 0 Å². The number of nitrogens with one attached hydrogen (secondary N) is 1. The molecule has 0 atom stereocenters. The first-order chi connectivity index (χ1) is 8.63. The highest BCUT2D eigenvalue weighted by Gasteiger charge is 2.05. The topological polar surface area (TPSA) is 63.2 Å². The van der Waals surface area contributed by atoms with Gasteiger partial charge in [0.15, 0.2) is 0 Å². The van der Waals surface area contributed by atoms with E-state index in [1.165, 1.54) is 0 Å². The summed E-state index contributed by atoms with van der Waals surface area (Å²) < 4.78 is 5.43. The summed E-state index contributed by atoms with van der Waals surface area (Å²) in [6, 6.07) is 0. The van der Waals surface area contributed by atoms with Crippen molar-refractivity contribution >= 4 is 23.5 Å². The number of hydrogen-bond donors (Lipinski definition) is 1. The van der Waals surface area contributed by atoms with Gasteiger partial charge in [0.05, 0.1) is 6.61 Å². The van der Waals surface area contributed by atoms with Crippen molar-refractivity contribution in [2.45, 2.75) is 19.8 Å². The van der Waals surface area contributed by atoms with Crippen LogP contribution in [0.4, 0.5) is 11.9 Å². The third-order valence-corrected chi connectivity index (χ3v) is 2.34. The second-order valence-corrected chi connectivity index (χ2v) is 4.35. The lowest BCUT2D eigenvalue weighted by Gasteiger charge is -2.11. The fourth-order valence-electron chi connectivity index (χ4n) is 1.20. The quantitative estimate of drug-likeness (QED) is 0.729. The van der Waals surface area contributed by atoms with Gasteiger partial charge in [0.1, 0.15) is 0 Å². The summed E-state index contributed by atoms with van der Waals surface area (Å²) in [5.41, 5.74) is 0. The van der Waals surface area contributed by atoms with Crippen molar-refractivity contribution in [3.63, 3.8) is 0 Å². The Hall–Kier alpha value is -1.14. The third-order valence-electron chi connectivity index (χ3n) is 2.17. The minimum atomic E-state index is 0.183. The maximum Gasteiger partial charge on any atom is 0.230 e. The fourth-order valence-corrected chi connectivity index (χ4v) is 1.36. The van der Waals surface area contributed by atoms with Gasteiger partial charge in [-0.15, -0.1) is 0 Å². The van der Waals surface area contributed by atoms with Gasteiger partial charge in [-0.05, 0) is 18.0 Å². The maximum absolute atomic E-state index is 5.82. The van der Waals surface area contributed by atoms with E-state index in [1.54, 1.807) is 4.90 Å². The van der Waals surface area contributed by atoms with E-state index >= 15 is 0 Å². The molecule has 0 aliphatic carbocycles. The minimum absolute atomic E-state index is 0.183. The Balaban J connectivity index is 2.37. The zero-order valence-electron chi connectivity index (χ0n) is 11.1. The Morgan fingerprint density at radius 2 is 2.00 bits per heavy atom. The first kappa shape index (κ1) is 14.9. The molecule has 0 bridgehead atoms. The molecule has 7 heteroatoms. The van der Waals surface area contributed by atoms with Gasteiger partial charge in [0, 0.05) is 27.2 Å². The molecule has 0 aliphatic rings. The van der Waals surface area contributed by atoms with Crippen molar-refractivity contribution < 1.29 is 4.74 Å². The average molecular weight is 274 g/mol. The van der Waals surface area contributed by atoms with Crippen LogP contribution in [-0.2, 0) is 4.74 Å². The molecule has 0 unspecified atom stereocenters. The van der Waals surface area contributed by atoms with E-state index in [4.69, 9.17) is 16.3 Å². The lowest BCUT2D eigenvalue weighted by molar-refractivity contribution is 0.141. The van der Waals surface area contributed by atoms with Crippen molar-refractivity contribution in [3.05, 3.63) is 5.28 Å². The van der Waals surface area contributed by atoms with Gasteiger partial charge >= 0.3 is 0 Å². The monoisotopic (exact) mass is 273 g/mol. The molecule has 0 spiro atoms. The maximum atomic E-state index is 5.82. The molecule has 0 amide bonds. The summed E-state index contributed by atoms with van der Waals surface area (Å²) in [6.45, 7) is 4.20. The van der Waals surface area contributed by atoms with E-state index in [2.05, 4.69) is 27.2 Å². The van der Waals surface area contributed by atoms with E-state index in [9.17, 15) is 0 Å². The lowest BCUT2D eigenvalue weighted by atomic mass is 10.4. The Morgan fingerprint density at radius 1 is 1.22 bits per heavy atom. The number of rotatable bonds is 8. The SMILES string of the molecule is CCCCOCCNc1nc(Cl)nc(N(C)C)n1. The molecule has 0 saturated heterocycles. The molecule has 1 aromatic rings. The number of anilines is 2. The van der Waals surface area contributed by atoms with Gasteiger partial charge in [-0.25, -0.2) is 0 Å². The predicted octanol–water partition coefficient (Wildman–Crippen LogP) is 1.82. The Kier molecular flexibility index (Phi) is 6.67. The van der Waals surface area contributed by atoms with E-state index in [0.29, 0.717) is 25.0 Å². The van der Waals surface area contributed by atoms with Gasteiger partial charge in [0.25, 0.3) is 0 Å². The van der Waals surface area contributed by atoms with Gasteiger partial charge in [-0.1, -0.05) is 13.3 Å². The van der Waals surface area contributed by atoms with Gasteiger partial charge < -0.3 is 15.0 Å². The van der Waals surface area contributed by atoms with Crippen LogP contribution >= 0.6 is 11.6 Å². The zero-order chi connectivity index (χ0) is 13.4. The van der Waals surface area contributed by atoms with Crippen LogP contribution in [0.1, 0.15) is 19.8 Å². The molecular formula is C11H20ClN5O. The highest BCUT2D eigenvalue weighted by molar-refractivity contribution is 6.28. The highest BCUT2D eigenvalue weighted by Crippen LogP contribution is 2.10. The Labute approximate surface area is 113 Å². The Morgan fingerprint density at radius 3 is 2.67 bits per heavy atom. The molecule has 1 N–H and O–H groups in total. The van der Waals surface area contributed by atoms with Gasteiger partial charge in [-0.2, -0.15) is 15.0 Å². The first-order valence-electron chi connectivity index (χ1n) is 6.04. The van der Waals surface area contributed by atoms with Crippen LogP contribution in [0.2, 0.25) is 5.28 Å². The summed E-state index contributed by atoms with van der Waals surface area (Å²) in [6.07, 6.45) is 2.23. The summed E-state index contributed by atoms with van der Waals surface area (Å²) in [7, 11) is 3.70. The van der Waals surface area contributed by atoms with E-state index in [-0.39, 0.29) is 5.28 Å². The number of ether oxygens (including phenoxy) is 1. The third kappa shape index (κ3) is 5.46. The zero-order valence-corrected chi connectivity index (χ0v) is 11.9. The molecule has 0 radical (unpaired) electrons. The molecular weight excluding hydrogens is 254 g/mol. The molecule has 18 heavy (non-hydrogen) atoms. The normalized spacial score (nSPS) is 10.4. The van der Waals surface area contributed by atoms with Crippen LogP contribution in [-0.4, -0.2) is 48.8 Å². The van der Waals surface area contributed by atoms with Crippen LogP contribution in [0, 0.1) is 0 Å². The average Bonchev–Trinajstić information content (AvgIpc) is 2.33. The van der Waals surface area contributed by atoms with Crippen LogP contribution in [0.5, 0.6) is 0 Å². The van der Waals surface area contributed by atoms with Crippen molar-refractivity contribution in [2.24, 2.45) is 0 Å². The number of aromatic nitrogens is 3. The molecule has 1 rings (SSSR count). The smallest absolute Gasteiger partial charge is 0.230 e. The van der Waals surface area contributed by atoms with Gasteiger partial charge in [-0.3, -0.25) is 0 Å². The minimum Gasteiger partial charge on any atom is -0.380 e. The summed E-state index contributed by atoms with van der Waals surface area (Å²) >= 11 is 5.82. The highest BCUT2D eigenvalue weighted by atomic mass is 35.5. The number of nitrogens with zero attached hydrogens (tertiary/aromatic N) is 4. The first-order valence-corrected chi connectivity index (χ1v) is 6.41. The number of halogens is 1. The largest absolute Gasteiger partial charge is 0.380 e. The van der Waals surface area contributed by atoms with Crippen LogP contribution in [0.3, 0.4) is 0 Å². The summed E-state index contributed by atoms with van der Waals surface area (Å²) in [5, 5.41) is 3.24. The second-order valence-electron chi connectivity index (χ2n) is 4.02.